The van der Waals surface area contributed by atoms with E-state index >= 15 is 0 Å². The summed E-state index contributed by atoms with van der Waals surface area (Å²) in [5.41, 5.74) is 1.11. The molecule has 5 atom stereocenters. The van der Waals surface area contributed by atoms with Crippen molar-refractivity contribution in [1.82, 2.24) is 40.7 Å². The second-order valence-corrected chi connectivity index (χ2v) is 19.5. The van der Waals surface area contributed by atoms with Gasteiger partial charge in [-0.25, -0.2) is 12.7 Å². The number of carbonyl (C=O) groups is 7. The van der Waals surface area contributed by atoms with E-state index in [2.05, 4.69) is 31.5 Å². The predicted octanol–water partition coefficient (Wildman–Crippen LogP) is 0.709. The molecule has 0 aliphatic carbocycles. The summed E-state index contributed by atoms with van der Waals surface area (Å²) in [5.74, 6) is -2.49. The molecular formula is C42H54N8O10S2. The molecule has 5 aliphatic rings. The molecule has 62 heavy (non-hydrogen) atoms. The topological polar surface area (TPSA) is 233 Å². The summed E-state index contributed by atoms with van der Waals surface area (Å²) >= 11 is 1.57. The molecule has 5 aliphatic heterocycles. The van der Waals surface area contributed by atoms with Crippen LogP contribution in [0.1, 0.15) is 83.7 Å². The number of amides is 7. The first-order chi connectivity index (χ1) is 29.7. The van der Waals surface area contributed by atoms with Crippen LogP contribution in [0.2, 0.25) is 0 Å². The minimum absolute atomic E-state index is 0.0267. The molecule has 0 spiro atoms. The van der Waals surface area contributed by atoms with Crippen LogP contribution in [-0.2, 0) is 34.0 Å². The highest BCUT2D eigenvalue weighted by Gasteiger charge is 2.45. The summed E-state index contributed by atoms with van der Waals surface area (Å²) in [5, 5.41) is 14.6. The number of hydrogen-bond acceptors (Lipinski definition) is 13. The van der Waals surface area contributed by atoms with Gasteiger partial charge in [-0.3, -0.25) is 54.0 Å². The summed E-state index contributed by atoms with van der Waals surface area (Å²) in [6.45, 7) is 3.05. The first-order valence-electron chi connectivity index (χ1n) is 21.2. The van der Waals surface area contributed by atoms with Crippen molar-refractivity contribution in [3.8, 4) is 5.75 Å². The summed E-state index contributed by atoms with van der Waals surface area (Å²) < 4.78 is 31.3. The summed E-state index contributed by atoms with van der Waals surface area (Å²) in [6.07, 6.45) is 4.46. The Kier molecular flexibility index (Phi) is 14.6. The predicted molar refractivity (Wildman–Crippen MR) is 228 cm³/mol. The minimum atomic E-state index is -3.43. The molecule has 5 heterocycles. The molecule has 7 amide bonds. The maximum atomic E-state index is 13.6. The van der Waals surface area contributed by atoms with Crippen LogP contribution >= 0.6 is 11.8 Å². The van der Waals surface area contributed by atoms with Crippen molar-refractivity contribution in [2.75, 3.05) is 57.9 Å². The molecule has 0 radical (unpaired) electrons. The Balaban J connectivity index is 0.817. The number of benzene rings is 2. The second-order valence-electron chi connectivity index (χ2n) is 16.4. The van der Waals surface area contributed by atoms with Crippen LogP contribution in [0.25, 0.3) is 0 Å². The van der Waals surface area contributed by atoms with Crippen molar-refractivity contribution >= 4 is 63.1 Å². The lowest BCUT2D eigenvalue weighted by atomic mass is 9.96. The number of nitrogens with zero attached hydrogens (tertiary/aromatic N) is 3. The molecular weight excluding hydrogens is 841 g/mol. The number of imide groups is 2. The molecule has 0 saturated carbocycles. The quantitative estimate of drug-likeness (QED) is 0.109. The molecule has 4 fully saturated rings. The zero-order valence-corrected chi connectivity index (χ0v) is 36.3. The molecule has 20 heteroatoms. The van der Waals surface area contributed by atoms with E-state index in [0.717, 1.165) is 22.5 Å². The van der Waals surface area contributed by atoms with Gasteiger partial charge < -0.3 is 20.7 Å². The highest BCUT2D eigenvalue weighted by Crippen LogP contribution is 2.31. The van der Waals surface area contributed by atoms with Gasteiger partial charge in [0.1, 0.15) is 29.9 Å². The van der Waals surface area contributed by atoms with Gasteiger partial charge in [-0.05, 0) is 81.8 Å². The maximum absolute atomic E-state index is 13.6. The number of likely N-dealkylation sites (tertiary alicyclic amines) is 1. The first kappa shape index (κ1) is 45.1. The summed E-state index contributed by atoms with van der Waals surface area (Å²) in [7, 11) is -3.43. The molecule has 2 aromatic carbocycles. The Bertz CT molecular complexity index is 2150. The van der Waals surface area contributed by atoms with Crippen molar-refractivity contribution in [3.05, 3.63) is 65.2 Å². The number of carbonyl (C=O) groups excluding carboxylic acids is 7. The fourth-order valence-corrected chi connectivity index (χ4v) is 10.6. The van der Waals surface area contributed by atoms with Gasteiger partial charge in [-0.15, -0.1) is 11.8 Å². The zero-order chi connectivity index (χ0) is 44.0. The number of fused-ring (bicyclic) bond motifs is 1. The number of rotatable bonds is 17. The van der Waals surface area contributed by atoms with E-state index < -0.39 is 51.7 Å². The molecule has 4 saturated heterocycles. The number of sulfonamides is 1. The first-order valence-corrected chi connectivity index (χ1v) is 24.1. The van der Waals surface area contributed by atoms with Crippen molar-refractivity contribution in [2.45, 2.75) is 75.0 Å². The second kappa shape index (κ2) is 20.1. The molecule has 2 aromatic rings. The van der Waals surface area contributed by atoms with Crippen LogP contribution in [0.15, 0.2) is 48.5 Å². The van der Waals surface area contributed by atoms with E-state index in [4.69, 9.17) is 4.74 Å². The van der Waals surface area contributed by atoms with Crippen LogP contribution in [0.4, 0.5) is 0 Å². The molecule has 7 rings (SSSR count). The van der Waals surface area contributed by atoms with Gasteiger partial charge in [-0.1, -0.05) is 30.3 Å². The van der Waals surface area contributed by atoms with Gasteiger partial charge >= 0.3 is 0 Å². The number of hydrogen-bond donors (Lipinski definition) is 5. The number of piperidine rings is 2. The van der Waals surface area contributed by atoms with Gasteiger partial charge in [0.25, 0.3) is 11.8 Å². The van der Waals surface area contributed by atoms with Crippen molar-refractivity contribution < 1.29 is 46.7 Å². The van der Waals surface area contributed by atoms with Crippen LogP contribution in [0.3, 0.4) is 0 Å². The highest BCUT2D eigenvalue weighted by atomic mass is 32.2. The smallest absolute Gasteiger partial charge is 0.262 e. The van der Waals surface area contributed by atoms with Crippen molar-refractivity contribution in [2.24, 2.45) is 11.8 Å². The van der Waals surface area contributed by atoms with Crippen LogP contribution in [-0.4, -0.2) is 139 Å². The fourth-order valence-electron chi connectivity index (χ4n) is 8.54. The Morgan fingerprint density at radius 3 is 2.37 bits per heavy atom. The standard InChI is InChI=1S/C42H54N8O10S2/c1-62(58,59)49-20-16-28(24-49)37(53)44-32(38(54)47-42-45-33(25-61-42)26-7-3-2-4-8-26)9-5-6-17-43-36(52)27-14-18-48(19-15-27)21-22-60-29-10-11-30-31(23-29)41(57)50(40(30)56)34-12-13-35(51)46-39(34)55/h2-4,7-8,10-11,23,27-28,32-34,42,45H,5-6,9,12-22,24-25H2,1H3,(H,43,52)(H,44,53)(H,47,54)(H,46,51,55)/t28?,32-,33?,34?,42?/m0/s1. The lowest BCUT2D eigenvalue weighted by molar-refractivity contribution is -0.136. The van der Waals surface area contributed by atoms with Crippen molar-refractivity contribution in [3.63, 3.8) is 0 Å². The lowest BCUT2D eigenvalue weighted by Crippen LogP contribution is -2.54. The monoisotopic (exact) mass is 894 g/mol. The molecule has 5 N–H and O–H groups in total. The number of thioether (sulfide) groups is 1. The zero-order valence-electron chi connectivity index (χ0n) is 34.6. The van der Waals surface area contributed by atoms with E-state index in [-0.39, 0.29) is 72.2 Å². The van der Waals surface area contributed by atoms with E-state index in [0.29, 0.717) is 77.1 Å². The number of unbranched alkanes of at least 4 members (excludes halogenated alkanes) is 1. The average Bonchev–Trinajstić information content (AvgIpc) is 4.00. The SMILES string of the molecule is CS(=O)(=O)N1CCC(C(=O)N[C@@H](CCCCNC(=O)C2CCN(CCOc3ccc4c(c3)C(=O)N(C3CCC(=O)NC3=O)C4=O)CC2)C(=O)NC2NC(c3ccccc3)CS2)C1. The Morgan fingerprint density at radius 2 is 1.65 bits per heavy atom. The normalized spacial score (nSPS) is 24.1. The maximum Gasteiger partial charge on any atom is 0.262 e. The van der Waals surface area contributed by atoms with E-state index in [9.17, 15) is 42.0 Å². The largest absolute Gasteiger partial charge is 0.492 e. The number of nitrogens with one attached hydrogen (secondary N) is 5. The lowest BCUT2D eigenvalue weighted by Gasteiger charge is -2.31. The molecule has 18 nitrogen and oxygen atoms in total. The van der Waals surface area contributed by atoms with E-state index in [1.165, 1.54) is 16.4 Å². The highest BCUT2D eigenvalue weighted by molar-refractivity contribution is 8.00. The van der Waals surface area contributed by atoms with Gasteiger partial charge in [0.05, 0.1) is 23.3 Å². The molecule has 0 bridgehead atoms. The Labute approximate surface area is 365 Å². The Morgan fingerprint density at radius 1 is 0.903 bits per heavy atom. The van der Waals surface area contributed by atoms with Crippen molar-refractivity contribution in [1.29, 1.82) is 0 Å². The van der Waals surface area contributed by atoms with Crippen LogP contribution in [0, 0.1) is 11.8 Å². The molecule has 4 unspecified atom stereocenters. The summed E-state index contributed by atoms with van der Waals surface area (Å²) in [4.78, 5) is 93.1. The minimum Gasteiger partial charge on any atom is -0.492 e. The van der Waals surface area contributed by atoms with Gasteiger partial charge in [0, 0.05) is 50.3 Å². The third-order valence-electron chi connectivity index (χ3n) is 12.1. The number of ether oxygens (including phenoxy) is 1. The average molecular weight is 895 g/mol. The molecule has 0 aromatic heterocycles. The van der Waals surface area contributed by atoms with Crippen LogP contribution < -0.4 is 31.3 Å². The Hall–Kier alpha value is -4.89. The van der Waals surface area contributed by atoms with Gasteiger partial charge in [0.2, 0.25) is 39.6 Å². The van der Waals surface area contributed by atoms with E-state index in [1.54, 1.807) is 17.8 Å². The third kappa shape index (κ3) is 11.0. The third-order valence-corrected chi connectivity index (χ3v) is 14.5. The molecule has 334 valence electrons. The fraction of sp³-hybridized carbons (Fsp3) is 0.548. The van der Waals surface area contributed by atoms with Crippen LogP contribution in [0.5, 0.6) is 5.75 Å². The van der Waals surface area contributed by atoms with Gasteiger partial charge in [0.15, 0.2) is 0 Å². The van der Waals surface area contributed by atoms with E-state index in [1.807, 2.05) is 30.3 Å². The van der Waals surface area contributed by atoms with Gasteiger partial charge in [-0.2, -0.15) is 0 Å². The summed E-state index contributed by atoms with van der Waals surface area (Å²) in [6, 6.07) is 12.8.